The molecule has 0 saturated heterocycles. The highest BCUT2D eigenvalue weighted by atomic mass is 16.1. The number of aromatic nitrogens is 6. The van der Waals surface area contributed by atoms with Crippen LogP contribution in [0.5, 0.6) is 0 Å². The Labute approximate surface area is 149 Å². The van der Waals surface area contributed by atoms with Gasteiger partial charge in [-0.3, -0.25) is 4.79 Å². The van der Waals surface area contributed by atoms with E-state index in [-0.39, 0.29) is 17.9 Å². The van der Waals surface area contributed by atoms with E-state index in [1.54, 1.807) is 29.2 Å². The number of nitrogens with zero attached hydrogens (tertiary/aromatic N) is 6. The van der Waals surface area contributed by atoms with Gasteiger partial charge in [0.1, 0.15) is 11.1 Å². The molecule has 8 nitrogen and oxygen atoms in total. The Morgan fingerprint density at radius 3 is 2.92 bits per heavy atom. The van der Waals surface area contributed by atoms with Crippen LogP contribution in [-0.2, 0) is 6.54 Å². The van der Waals surface area contributed by atoms with Gasteiger partial charge in [0.15, 0.2) is 5.65 Å². The van der Waals surface area contributed by atoms with Crippen LogP contribution in [0.25, 0.3) is 16.7 Å². The van der Waals surface area contributed by atoms with E-state index >= 15 is 0 Å². The van der Waals surface area contributed by atoms with Crippen molar-refractivity contribution >= 4 is 22.6 Å². The molecule has 1 N–H and O–H groups in total. The zero-order valence-corrected chi connectivity index (χ0v) is 14.6. The van der Waals surface area contributed by atoms with Crippen molar-refractivity contribution in [2.45, 2.75) is 26.4 Å². The number of fused-ring (bicyclic) bond motifs is 2. The van der Waals surface area contributed by atoms with E-state index in [0.717, 1.165) is 11.0 Å². The van der Waals surface area contributed by atoms with Gasteiger partial charge in [0.05, 0.1) is 24.3 Å². The molecule has 3 aromatic heterocycles. The first-order valence-electron chi connectivity index (χ1n) is 8.51. The lowest BCUT2D eigenvalue weighted by molar-refractivity contribution is 0.0921. The Kier molecular flexibility index (Phi) is 4.08. The molecule has 0 bridgehead atoms. The third kappa shape index (κ3) is 2.90. The summed E-state index contributed by atoms with van der Waals surface area (Å²) in [7, 11) is 0. The highest BCUT2D eigenvalue weighted by Crippen LogP contribution is 2.14. The van der Waals surface area contributed by atoms with Crippen LogP contribution in [-0.4, -0.2) is 41.5 Å². The maximum atomic E-state index is 12.8. The fourth-order valence-corrected chi connectivity index (χ4v) is 2.90. The van der Waals surface area contributed by atoms with Crippen molar-refractivity contribution in [3.63, 3.8) is 0 Å². The summed E-state index contributed by atoms with van der Waals surface area (Å²) in [5.41, 5.74) is 2.79. The summed E-state index contributed by atoms with van der Waals surface area (Å²) in [6.07, 6.45) is 4.95. The molecule has 1 aromatic carbocycles. The average Bonchev–Trinajstić information content (AvgIpc) is 3.25. The van der Waals surface area contributed by atoms with Crippen molar-refractivity contribution < 1.29 is 4.79 Å². The molecule has 8 heteroatoms. The highest BCUT2D eigenvalue weighted by molar-refractivity contribution is 5.99. The first-order chi connectivity index (χ1) is 12.6. The van der Waals surface area contributed by atoms with Gasteiger partial charge in [0, 0.05) is 12.4 Å². The van der Waals surface area contributed by atoms with E-state index in [0.29, 0.717) is 17.8 Å². The molecule has 0 aliphatic heterocycles. The van der Waals surface area contributed by atoms with Crippen LogP contribution in [0.1, 0.15) is 24.2 Å². The third-order valence-electron chi connectivity index (χ3n) is 4.44. The van der Waals surface area contributed by atoms with E-state index < -0.39 is 0 Å². The van der Waals surface area contributed by atoms with Crippen LogP contribution < -0.4 is 5.32 Å². The van der Waals surface area contributed by atoms with Gasteiger partial charge in [0.25, 0.3) is 5.91 Å². The van der Waals surface area contributed by atoms with Gasteiger partial charge in [-0.05, 0) is 24.1 Å². The number of para-hydroxylation sites is 1. The molecule has 3 heterocycles. The number of carbonyl (C=O) groups is 1. The van der Waals surface area contributed by atoms with Crippen LogP contribution in [0.4, 0.5) is 0 Å². The quantitative estimate of drug-likeness (QED) is 0.594. The SMILES string of the molecule is CC(C)[C@@H](Cn1nnc2ccccc21)NC(=O)c1cnn2cccnc12. The topological polar surface area (TPSA) is 90.0 Å². The first-order valence-corrected chi connectivity index (χ1v) is 8.51. The molecule has 0 aliphatic carbocycles. The number of hydrogen-bond donors (Lipinski definition) is 1. The summed E-state index contributed by atoms with van der Waals surface area (Å²) in [5, 5.41) is 15.7. The predicted octanol–water partition coefficient (Wildman–Crippen LogP) is 1.93. The van der Waals surface area contributed by atoms with E-state index in [2.05, 4.69) is 39.6 Å². The second-order valence-corrected chi connectivity index (χ2v) is 6.53. The molecule has 0 fully saturated rings. The van der Waals surface area contributed by atoms with Gasteiger partial charge in [0.2, 0.25) is 0 Å². The molecule has 0 spiro atoms. The molecule has 4 aromatic rings. The lowest BCUT2D eigenvalue weighted by Crippen LogP contribution is -2.41. The molecule has 132 valence electrons. The number of carbonyl (C=O) groups excluding carboxylic acids is 1. The number of rotatable bonds is 5. The summed E-state index contributed by atoms with van der Waals surface area (Å²) in [6.45, 7) is 4.67. The van der Waals surface area contributed by atoms with Crippen molar-refractivity contribution in [3.8, 4) is 0 Å². The highest BCUT2D eigenvalue weighted by Gasteiger charge is 2.21. The maximum Gasteiger partial charge on any atom is 0.257 e. The zero-order chi connectivity index (χ0) is 18.1. The minimum atomic E-state index is -0.193. The van der Waals surface area contributed by atoms with E-state index in [9.17, 15) is 4.79 Å². The fraction of sp³-hybridized carbons (Fsp3) is 0.278. The molecule has 0 aliphatic rings. The summed E-state index contributed by atoms with van der Waals surface area (Å²) >= 11 is 0. The molecule has 0 unspecified atom stereocenters. The monoisotopic (exact) mass is 349 g/mol. The van der Waals surface area contributed by atoms with Crippen molar-refractivity contribution in [2.75, 3.05) is 0 Å². The first kappa shape index (κ1) is 16.2. The van der Waals surface area contributed by atoms with Gasteiger partial charge in [-0.25, -0.2) is 14.2 Å². The van der Waals surface area contributed by atoms with Crippen LogP contribution >= 0.6 is 0 Å². The minimum absolute atomic E-state index is 0.105. The Hall–Kier alpha value is -3.29. The van der Waals surface area contributed by atoms with E-state index in [4.69, 9.17) is 0 Å². The Morgan fingerprint density at radius 1 is 1.23 bits per heavy atom. The zero-order valence-electron chi connectivity index (χ0n) is 14.6. The van der Waals surface area contributed by atoms with E-state index in [1.807, 2.05) is 28.9 Å². The van der Waals surface area contributed by atoms with Crippen LogP contribution in [0.3, 0.4) is 0 Å². The van der Waals surface area contributed by atoms with Crippen molar-refractivity contribution in [2.24, 2.45) is 5.92 Å². The van der Waals surface area contributed by atoms with Gasteiger partial charge in [-0.1, -0.05) is 31.2 Å². The Balaban J connectivity index is 1.58. The summed E-state index contributed by atoms with van der Waals surface area (Å²) in [6, 6.07) is 9.45. The second kappa shape index (κ2) is 6.55. The molecule has 26 heavy (non-hydrogen) atoms. The Bertz CT molecular complexity index is 1070. The van der Waals surface area contributed by atoms with Gasteiger partial charge < -0.3 is 5.32 Å². The third-order valence-corrected chi connectivity index (χ3v) is 4.44. The molecule has 0 radical (unpaired) electrons. The van der Waals surface area contributed by atoms with E-state index in [1.165, 1.54) is 0 Å². The summed E-state index contributed by atoms with van der Waals surface area (Å²) < 4.78 is 3.42. The molecule has 0 saturated carbocycles. The van der Waals surface area contributed by atoms with Gasteiger partial charge in [-0.2, -0.15) is 5.10 Å². The number of benzene rings is 1. The standard InChI is InChI=1S/C18H19N7O/c1-12(2)15(11-25-16-7-4-3-6-14(16)22-23-25)21-18(26)13-10-20-24-9-5-8-19-17(13)24/h3-10,12,15H,11H2,1-2H3,(H,21,26)/t15-/m1/s1. The second-order valence-electron chi connectivity index (χ2n) is 6.53. The van der Waals surface area contributed by atoms with Crippen LogP contribution in [0.15, 0.2) is 48.9 Å². The lowest BCUT2D eigenvalue weighted by Gasteiger charge is -2.22. The molecular formula is C18H19N7O. The average molecular weight is 349 g/mol. The number of amides is 1. The minimum Gasteiger partial charge on any atom is -0.347 e. The smallest absolute Gasteiger partial charge is 0.257 e. The maximum absolute atomic E-state index is 12.8. The molecule has 4 rings (SSSR count). The fourth-order valence-electron chi connectivity index (χ4n) is 2.90. The number of hydrogen-bond acceptors (Lipinski definition) is 5. The van der Waals surface area contributed by atoms with Gasteiger partial charge in [-0.15, -0.1) is 5.10 Å². The largest absolute Gasteiger partial charge is 0.347 e. The lowest BCUT2D eigenvalue weighted by atomic mass is 10.0. The van der Waals surface area contributed by atoms with Crippen molar-refractivity contribution in [1.29, 1.82) is 0 Å². The molecule has 1 atom stereocenters. The van der Waals surface area contributed by atoms with Crippen LogP contribution in [0.2, 0.25) is 0 Å². The molecule has 1 amide bonds. The van der Waals surface area contributed by atoms with Gasteiger partial charge >= 0.3 is 0 Å². The summed E-state index contributed by atoms with van der Waals surface area (Å²) in [5.74, 6) is 0.0264. The normalized spacial score (nSPS) is 12.7. The van der Waals surface area contributed by atoms with Crippen LogP contribution in [0, 0.1) is 5.92 Å². The molecular weight excluding hydrogens is 330 g/mol. The van der Waals surface area contributed by atoms with Crippen molar-refractivity contribution in [1.82, 2.24) is 34.9 Å². The number of nitrogens with one attached hydrogen (secondary N) is 1. The summed E-state index contributed by atoms with van der Waals surface area (Å²) in [4.78, 5) is 17.0. The Morgan fingerprint density at radius 2 is 2.08 bits per heavy atom. The van der Waals surface area contributed by atoms with Crippen molar-refractivity contribution in [3.05, 3.63) is 54.5 Å². The predicted molar refractivity (Wildman–Crippen MR) is 96.6 cm³/mol.